The fourth-order valence-corrected chi connectivity index (χ4v) is 3.63. The summed E-state index contributed by atoms with van der Waals surface area (Å²) in [4.78, 5) is 14.8. The van der Waals surface area contributed by atoms with Gasteiger partial charge in [-0.3, -0.25) is 4.79 Å². The topological polar surface area (TPSA) is 29.5 Å². The highest BCUT2D eigenvalue weighted by atomic mass is 35.5. The Morgan fingerprint density at radius 1 is 1.12 bits per heavy atom. The minimum absolute atomic E-state index is 0.00897. The molecule has 1 aliphatic heterocycles. The zero-order chi connectivity index (χ0) is 17.6. The van der Waals surface area contributed by atoms with Gasteiger partial charge in [0, 0.05) is 43.7 Å². The molecule has 0 saturated carbocycles. The Labute approximate surface area is 154 Å². The summed E-state index contributed by atoms with van der Waals surface area (Å²) in [7, 11) is 1.92. The van der Waals surface area contributed by atoms with Gasteiger partial charge in [0.05, 0.1) is 0 Å². The lowest BCUT2D eigenvalue weighted by molar-refractivity contribution is -0.133. The number of benzene rings is 2. The van der Waals surface area contributed by atoms with Crippen LogP contribution in [0.4, 0.5) is 0 Å². The van der Waals surface area contributed by atoms with Gasteiger partial charge in [-0.2, -0.15) is 0 Å². The summed E-state index contributed by atoms with van der Waals surface area (Å²) in [6, 6.07) is 18.3. The summed E-state index contributed by atoms with van der Waals surface area (Å²) in [5.74, 6) is 0.176. The van der Waals surface area contributed by atoms with Crippen LogP contribution in [-0.4, -0.2) is 37.1 Å². The molecule has 0 aromatic heterocycles. The first-order valence-corrected chi connectivity index (χ1v) is 9.17. The Hall–Kier alpha value is -1.84. The zero-order valence-corrected chi connectivity index (χ0v) is 15.3. The highest BCUT2D eigenvalue weighted by Gasteiger charge is 2.26. The molecule has 0 spiro atoms. The lowest BCUT2D eigenvalue weighted by Gasteiger charge is -2.32. The van der Waals surface area contributed by atoms with E-state index in [9.17, 15) is 4.79 Å². The van der Waals surface area contributed by atoms with Gasteiger partial charge in [-0.1, -0.05) is 54.1 Å². The Balaban J connectivity index is 1.81. The van der Waals surface area contributed by atoms with E-state index in [1.165, 1.54) is 0 Å². The molecule has 0 bridgehead atoms. The van der Waals surface area contributed by atoms with Crippen molar-refractivity contribution < 1.29 is 9.53 Å². The summed E-state index contributed by atoms with van der Waals surface area (Å²) in [6.45, 7) is 1.47. The van der Waals surface area contributed by atoms with Crippen molar-refractivity contribution in [2.45, 2.75) is 31.2 Å². The number of hydrogen-bond donors (Lipinski definition) is 0. The third kappa shape index (κ3) is 4.62. The molecule has 1 saturated heterocycles. The number of nitrogens with zero attached hydrogens (tertiary/aromatic N) is 1. The molecule has 132 valence electrons. The van der Waals surface area contributed by atoms with Crippen molar-refractivity contribution in [3.05, 3.63) is 70.7 Å². The van der Waals surface area contributed by atoms with Crippen LogP contribution in [0.25, 0.3) is 0 Å². The fourth-order valence-electron chi connectivity index (χ4n) is 3.43. The molecule has 1 fully saturated rings. The van der Waals surface area contributed by atoms with E-state index in [2.05, 4.69) is 12.1 Å². The molecule has 1 aliphatic rings. The van der Waals surface area contributed by atoms with E-state index in [1.54, 1.807) is 0 Å². The van der Waals surface area contributed by atoms with Crippen LogP contribution in [0.5, 0.6) is 0 Å². The van der Waals surface area contributed by atoms with Gasteiger partial charge in [0.25, 0.3) is 0 Å². The van der Waals surface area contributed by atoms with Crippen molar-refractivity contribution in [2.24, 2.45) is 0 Å². The molecule has 4 heteroatoms. The van der Waals surface area contributed by atoms with Crippen LogP contribution < -0.4 is 0 Å². The van der Waals surface area contributed by atoms with E-state index >= 15 is 0 Å². The van der Waals surface area contributed by atoms with Crippen LogP contribution in [0.15, 0.2) is 54.6 Å². The van der Waals surface area contributed by atoms with Gasteiger partial charge in [-0.25, -0.2) is 0 Å². The molecule has 0 N–H and O–H groups in total. The molecule has 0 unspecified atom stereocenters. The van der Waals surface area contributed by atoms with E-state index < -0.39 is 0 Å². The number of ether oxygens (including phenoxy) is 1. The first-order chi connectivity index (χ1) is 12.1. The van der Waals surface area contributed by atoms with Crippen molar-refractivity contribution in [3.63, 3.8) is 0 Å². The van der Waals surface area contributed by atoms with Gasteiger partial charge in [0.15, 0.2) is 0 Å². The lowest BCUT2D eigenvalue weighted by atomic mass is 9.88. The van der Waals surface area contributed by atoms with Gasteiger partial charge >= 0.3 is 0 Å². The quantitative estimate of drug-likeness (QED) is 0.788. The second-order valence-corrected chi connectivity index (χ2v) is 7.01. The average Bonchev–Trinajstić information content (AvgIpc) is 2.66. The Bertz CT molecular complexity index is 698. The first-order valence-electron chi connectivity index (χ1n) is 8.79. The fraction of sp³-hybridized carbons (Fsp3) is 0.381. The molecular formula is C21H24ClNO2. The van der Waals surface area contributed by atoms with Gasteiger partial charge in [0.1, 0.15) is 0 Å². The molecule has 0 aliphatic carbocycles. The van der Waals surface area contributed by atoms with Crippen molar-refractivity contribution in [1.29, 1.82) is 0 Å². The number of carbonyl (C=O) groups excluding carboxylic acids is 1. The normalized spacial score (nSPS) is 16.4. The maximum Gasteiger partial charge on any atom is 0.223 e. The Morgan fingerprint density at radius 2 is 1.80 bits per heavy atom. The number of halogens is 1. The van der Waals surface area contributed by atoms with E-state index in [1.807, 2.05) is 54.4 Å². The van der Waals surface area contributed by atoms with E-state index in [4.69, 9.17) is 16.3 Å². The molecule has 1 heterocycles. The van der Waals surface area contributed by atoms with E-state index in [-0.39, 0.29) is 17.9 Å². The van der Waals surface area contributed by atoms with Crippen LogP contribution in [0.2, 0.25) is 5.02 Å². The summed E-state index contributed by atoms with van der Waals surface area (Å²) in [5.41, 5.74) is 2.21. The van der Waals surface area contributed by atoms with Crippen molar-refractivity contribution >= 4 is 17.5 Å². The van der Waals surface area contributed by atoms with Gasteiger partial charge < -0.3 is 9.64 Å². The first kappa shape index (κ1) is 18.0. The SMILES string of the molecule is CN(C(=O)C[C@@H](c1ccccc1)c1cccc(Cl)c1)C1CCOCC1. The summed E-state index contributed by atoms with van der Waals surface area (Å²) in [6.07, 6.45) is 2.27. The Kier molecular flexibility index (Phi) is 6.11. The molecule has 25 heavy (non-hydrogen) atoms. The van der Waals surface area contributed by atoms with Crippen LogP contribution in [0, 0.1) is 0 Å². The number of rotatable bonds is 5. The highest BCUT2D eigenvalue weighted by Crippen LogP contribution is 2.30. The largest absolute Gasteiger partial charge is 0.381 e. The zero-order valence-electron chi connectivity index (χ0n) is 14.5. The van der Waals surface area contributed by atoms with Gasteiger partial charge in [0.2, 0.25) is 5.91 Å². The summed E-state index contributed by atoms with van der Waals surface area (Å²) < 4.78 is 5.41. The minimum Gasteiger partial charge on any atom is -0.381 e. The molecule has 1 amide bonds. The van der Waals surface area contributed by atoms with Crippen molar-refractivity contribution in [2.75, 3.05) is 20.3 Å². The molecular weight excluding hydrogens is 334 g/mol. The summed E-state index contributed by atoms with van der Waals surface area (Å²) >= 11 is 6.19. The predicted octanol–water partition coefficient (Wildman–Crippen LogP) is 4.50. The van der Waals surface area contributed by atoms with E-state index in [0.29, 0.717) is 11.4 Å². The molecule has 3 nitrogen and oxygen atoms in total. The molecule has 0 radical (unpaired) electrons. The van der Waals surface area contributed by atoms with Crippen LogP contribution in [0.3, 0.4) is 0 Å². The molecule has 2 aromatic carbocycles. The van der Waals surface area contributed by atoms with Gasteiger partial charge in [-0.15, -0.1) is 0 Å². The molecule has 2 aromatic rings. The van der Waals surface area contributed by atoms with Crippen molar-refractivity contribution in [1.82, 2.24) is 4.90 Å². The van der Waals surface area contributed by atoms with Crippen LogP contribution in [-0.2, 0) is 9.53 Å². The molecule has 1 atom stereocenters. The van der Waals surface area contributed by atoms with Crippen LogP contribution in [0.1, 0.15) is 36.3 Å². The highest BCUT2D eigenvalue weighted by molar-refractivity contribution is 6.30. The van der Waals surface area contributed by atoms with Gasteiger partial charge in [-0.05, 0) is 36.1 Å². The number of hydrogen-bond acceptors (Lipinski definition) is 2. The predicted molar refractivity (Wildman–Crippen MR) is 101 cm³/mol. The second-order valence-electron chi connectivity index (χ2n) is 6.57. The van der Waals surface area contributed by atoms with E-state index in [0.717, 1.165) is 37.2 Å². The molecule has 3 rings (SSSR count). The maximum absolute atomic E-state index is 12.9. The van der Waals surface area contributed by atoms with Crippen LogP contribution >= 0.6 is 11.6 Å². The standard InChI is InChI=1S/C21H24ClNO2/c1-23(19-10-12-25-13-11-19)21(24)15-20(16-6-3-2-4-7-16)17-8-5-9-18(22)14-17/h2-9,14,19-20H,10-13,15H2,1H3/t20-/m0/s1. The third-order valence-electron chi connectivity index (χ3n) is 4.96. The third-order valence-corrected chi connectivity index (χ3v) is 5.20. The number of amides is 1. The average molecular weight is 358 g/mol. The number of carbonyl (C=O) groups is 1. The van der Waals surface area contributed by atoms with Crippen molar-refractivity contribution in [3.8, 4) is 0 Å². The minimum atomic E-state index is 0.00897. The Morgan fingerprint density at radius 3 is 2.48 bits per heavy atom. The monoisotopic (exact) mass is 357 g/mol. The smallest absolute Gasteiger partial charge is 0.223 e. The lowest BCUT2D eigenvalue weighted by Crippen LogP contribution is -2.41. The summed E-state index contributed by atoms with van der Waals surface area (Å²) in [5, 5.41) is 0.698. The second kappa shape index (κ2) is 8.50. The maximum atomic E-state index is 12.9.